The van der Waals surface area contributed by atoms with E-state index >= 15 is 0 Å². The summed E-state index contributed by atoms with van der Waals surface area (Å²) in [5, 5.41) is 0. The molecule has 0 bridgehead atoms. The van der Waals surface area contributed by atoms with Gasteiger partial charge in [0.1, 0.15) is 5.92 Å². The fourth-order valence-electron chi connectivity index (χ4n) is 0.529. The van der Waals surface area contributed by atoms with E-state index < -0.39 is 23.8 Å². The molecular formula is C6H7F3O3. The van der Waals surface area contributed by atoms with E-state index in [2.05, 4.69) is 4.74 Å². The summed E-state index contributed by atoms with van der Waals surface area (Å²) in [6, 6.07) is 0. The summed E-state index contributed by atoms with van der Waals surface area (Å²) < 4.78 is 38.9. The molecule has 0 heterocycles. The molecule has 0 rings (SSSR count). The highest BCUT2D eigenvalue weighted by Crippen LogP contribution is 2.21. The molecule has 0 aliphatic heterocycles. The van der Waals surface area contributed by atoms with Crippen LogP contribution in [0.1, 0.15) is 6.92 Å². The first-order valence-corrected chi connectivity index (χ1v) is 2.99. The van der Waals surface area contributed by atoms with E-state index in [0.717, 1.165) is 14.0 Å². The molecule has 3 nitrogen and oxygen atoms in total. The van der Waals surface area contributed by atoms with Gasteiger partial charge in [0.05, 0.1) is 7.11 Å². The summed E-state index contributed by atoms with van der Waals surface area (Å²) in [4.78, 5) is 20.8. The van der Waals surface area contributed by atoms with Crippen LogP contribution in [0.4, 0.5) is 13.2 Å². The molecule has 0 aromatic carbocycles. The number of ether oxygens (including phenoxy) is 1. The predicted octanol–water partition coefficient (Wildman–Crippen LogP) is 0.927. The molecular weight excluding hydrogens is 177 g/mol. The molecule has 1 atom stereocenters. The fourth-order valence-corrected chi connectivity index (χ4v) is 0.529. The fraction of sp³-hybridized carbons (Fsp3) is 0.667. The van der Waals surface area contributed by atoms with Gasteiger partial charge in [-0.05, 0) is 6.92 Å². The quantitative estimate of drug-likeness (QED) is 0.473. The highest BCUT2D eigenvalue weighted by Gasteiger charge is 2.44. The van der Waals surface area contributed by atoms with Gasteiger partial charge in [-0.15, -0.1) is 0 Å². The van der Waals surface area contributed by atoms with Crippen LogP contribution in [0.2, 0.25) is 0 Å². The van der Waals surface area contributed by atoms with Crippen LogP contribution in [-0.4, -0.2) is 25.0 Å². The highest BCUT2D eigenvalue weighted by molar-refractivity contribution is 6.01. The van der Waals surface area contributed by atoms with Crippen LogP contribution in [0.5, 0.6) is 0 Å². The van der Waals surface area contributed by atoms with Gasteiger partial charge in [0, 0.05) is 0 Å². The lowest BCUT2D eigenvalue weighted by atomic mass is 10.1. The highest BCUT2D eigenvalue weighted by atomic mass is 19.4. The molecule has 0 aliphatic carbocycles. The summed E-state index contributed by atoms with van der Waals surface area (Å²) in [6.07, 6.45) is -4.98. The molecule has 0 fully saturated rings. The normalized spacial score (nSPS) is 13.8. The molecule has 1 unspecified atom stereocenters. The maximum absolute atomic E-state index is 11.6. The van der Waals surface area contributed by atoms with Gasteiger partial charge in [-0.3, -0.25) is 9.59 Å². The first kappa shape index (κ1) is 10.9. The second-order valence-electron chi connectivity index (χ2n) is 2.11. The number of esters is 1. The topological polar surface area (TPSA) is 43.4 Å². The third-order valence-corrected chi connectivity index (χ3v) is 1.23. The Kier molecular flexibility index (Phi) is 3.24. The molecule has 0 N–H and O–H groups in total. The Bertz CT molecular complexity index is 197. The Labute approximate surface area is 66.5 Å². The van der Waals surface area contributed by atoms with E-state index in [1.54, 1.807) is 0 Å². The van der Waals surface area contributed by atoms with Gasteiger partial charge in [-0.25, -0.2) is 0 Å². The van der Waals surface area contributed by atoms with Crippen molar-refractivity contribution in [3.63, 3.8) is 0 Å². The zero-order valence-corrected chi connectivity index (χ0v) is 6.44. The van der Waals surface area contributed by atoms with Gasteiger partial charge in [0.25, 0.3) is 0 Å². The van der Waals surface area contributed by atoms with Gasteiger partial charge in [-0.1, -0.05) is 0 Å². The first-order valence-electron chi connectivity index (χ1n) is 2.99. The molecule has 0 radical (unpaired) electrons. The maximum Gasteiger partial charge on any atom is 0.450 e. The van der Waals surface area contributed by atoms with Crippen molar-refractivity contribution in [3.05, 3.63) is 0 Å². The molecule has 6 heteroatoms. The molecule has 12 heavy (non-hydrogen) atoms. The monoisotopic (exact) mass is 184 g/mol. The number of Topliss-reactive ketones (excluding diaryl/α,β-unsaturated/α-hetero) is 1. The van der Waals surface area contributed by atoms with Crippen LogP contribution in [0.25, 0.3) is 0 Å². The first-order chi connectivity index (χ1) is 5.30. The van der Waals surface area contributed by atoms with Gasteiger partial charge in [0.2, 0.25) is 5.78 Å². The Balaban J connectivity index is 4.41. The van der Waals surface area contributed by atoms with Crippen molar-refractivity contribution in [1.29, 1.82) is 0 Å². The second kappa shape index (κ2) is 3.55. The van der Waals surface area contributed by atoms with Gasteiger partial charge in [0.15, 0.2) is 0 Å². The molecule has 0 aromatic heterocycles. The predicted molar refractivity (Wildman–Crippen MR) is 32.2 cm³/mol. The average molecular weight is 184 g/mol. The standard InChI is InChI=1S/C6H7F3O3/c1-3(5(11)12-2)4(10)6(7,8)9/h3H,1-2H3. The number of ketones is 1. The van der Waals surface area contributed by atoms with Crippen LogP contribution >= 0.6 is 0 Å². The molecule has 0 amide bonds. The number of carbonyl (C=O) groups excluding carboxylic acids is 2. The average Bonchev–Trinajstić information content (AvgIpc) is 1.98. The Morgan fingerprint density at radius 2 is 1.75 bits per heavy atom. The van der Waals surface area contributed by atoms with Gasteiger partial charge in [-0.2, -0.15) is 13.2 Å². The van der Waals surface area contributed by atoms with Crippen LogP contribution < -0.4 is 0 Å². The van der Waals surface area contributed by atoms with E-state index in [1.807, 2.05) is 0 Å². The summed E-state index contributed by atoms with van der Waals surface area (Å²) in [5.74, 6) is -5.05. The maximum atomic E-state index is 11.6. The van der Waals surface area contributed by atoms with Crippen molar-refractivity contribution in [2.75, 3.05) is 7.11 Å². The lowest BCUT2D eigenvalue weighted by Gasteiger charge is -2.09. The SMILES string of the molecule is COC(=O)C(C)C(=O)C(F)(F)F. The molecule has 0 spiro atoms. The molecule has 0 saturated heterocycles. The summed E-state index contributed by atoms with van der Waals surface area (Å²) in [7, 11) is 0.919. The van der Waals surface area contributed by atoms with E-state index in [-0.39, 0.29) is 0 Å². The van der Waals surface area contributed by atoms with E-state index in [1.165, 1.54) is 0 Å². The van der Waals surface area contributed by atoms with Crippen LogP contribution in [0.15, 0.2) is 0 Å². The summed E-state index contributed by atoms with van der Waals surface area (Å²) >= 11 is 0. The molecule has 0 aromatic rings. The Morgan fingerprint density at radius 3 is 2.00 bits per heavy atom. The number of alkyl halides is 3. The summed E-state index contributed by atoms with van der Waals surface area (Å²) in [5.41, 5.74) is 0. The Hall–Kier alpha value is -1.07. The number of methoxy groups -OCH3 is 1. The van der Waals surface area contributed by atoms with Crippen LogP contribution in [0, 0.1) is 5.92 Å². The number of rotatable bonds is 2. The number of hydrogen-bond donors (Lipinski definition) is 0. The minimum absolute atomic E-state index is 0.849. The summed E-state index contributed by atoms with van der Waals surface area (Å²) in [6.45, 7) is 0.849. The van der Waals surface area contributed by atoms with Crippen molar-refractivity contribution in [2.45, 2.75) is 13.1 Å². The largest absolute Gasteiger partial charge is 0.468 e. The molecule has 0 saturated carbocycles. The van der Waals surface area contributed by atoms with Gasteiger partial charge >= 0.3 is 12.1 Å². The van der Waals surface area contributed by atoms with Crippen molar-refractivity contribution in [1.82, 2.24) is 0 Å². The van der Waals surface area contributed by atoms with E-state index in [9.17, 15) is 22.8 Å². The Morgan fingerprint density at radius 1 is 1.33 bits per heavy atom. The van der Waals surface area contributed by atoms with Crippen molar-refractivity contribution in [3.8, 4) is 0 Å². The minimum Gasteiger partial charge on any atom is -0.468 e. The zero-order valence-electron chi connectivity index (χ0n) is 6.44. The second-order valence-corrected chi connectivity index (χ2v) is 2.11. The minimum atomic E-state index is -4.98. The zero-order chi connectivity index (χ0) is 9.94. The van der Waals surface area contributed by atoms with E-state index in [4.69, 9.17) is 0 Å². The lowest BCUT2D eigenvalue weighted by Crippen LogP contribution is -2.34. The third-order valence-electron chi connectivity index (χ3n) is 1.23. The van der Waals surface area contributed by atoms with Crippen molar-refractivity contribution < 1.29 is 27.5 Å². The molecule has 0 aliphatic rings. The van der Waals surface area contributed by atoms with Crippen LogP contribution in [0.3, 0.4) is 0 Å². The number of halogens is 3. The van der Waals surface area contributed by atoms with E-state index in [0.29, 0.717) is 0 Å². The number of hydrogen-bond acceptors (Lipinski definition) is 3. The smallest absolute Gasteiger partial charge is 0.450 e. The van der Waals surface area contributed by atoms with Gasteiger partial charge < -0.3 is 4.74 Å². The van der Waals surface area contributed by atoms with Crippen molar-refractivity contribution in [2.24, 2.45) is 5.92 Å². The lowest BCUT2D eigenvalue weighted by molar-refractivity contribution is -0.179. The van der Waals surface area contributed by atoms with Crippen molar-refractivity contribution >= 4 is 11.8 Å². The number of carbonyl (C=O) groups is 2. The molecule has 70 valence electrons. The van der Waals surface area contributed by atoms with Crippen LogP contribution in [-0.2, 0) is 14.3 Å². The third kappa shape index (κ3) is 2.52.